The lowest BCUT2D eigenvalue weighted by atomic mass is 10.1. The van der Waals surface area contributed by atoms with E-state index in [0.717, 1.165) is 42.4 Å². The van der Waals surface area contributed by atoms with E-state index in [0.29, 0.717) is 11.6 Å². The molecule has 1 saturated carbocycles. The zero-order chi connectivity index (χ0) is 20.8. The SMILES string of the molecule is Cc1cccc(CN(C(=O)Cc2ccc(Cl)cc2)[C@H](C)C(=O)NC2CCCC2)c1. The third-order valence-electron chi connectivity index (χ3n) is 5.57. The van der Waals surface area contributed by atoms with Gasteiger partial charge in [-0.3, -0.25) is 9.59 Å². The number of hydrogen-bond donors (Lipinski definition) is 1. The summed E-state index contributed by atoms with van der Waals surface area (Å²) in [6, 6.07) is 15.0. The Morgan fingerprint density at radius 2 is 1.79 bits per heavy atom. The fourth-order valence-corrected chi connectivity index (χ4v) is 3.99. The van der Waals surface area contributed by atoms with Crippen molar-refractivity contribution in [2.45, 2.75) is 64.6 Å². The topological polar surface area (TPSA) is 49.4 Å². The second-order valence-electron chi connectivity index (χ2n) is 7.98. The van der Waals surface area contributed by atoms with Crippen LogP contribution in [-0.4, -0.2) is 28.8 Å². The fourth-order valence-electron chi connectivity index (χ4n) is 3.86. The minimum atomic E-state index is -0.532. The van der Waals surface area contributed by atoms with E-state index in [9.17, 15) is 9.59 Å². The molecule has 0 saturated heterocycles. The molecule has 0 aromatic heterocycles. The molecule has 4 nitrogen and oxygen atoms in total. The van der Waals surface area contributed by atoms with Gasteiger partial charge in [0.1, 0.15) is 6.04 Å². The summed E-state index contributed by atoms with van der Waals surface area (Å²) in [5.41, 5.74) is 3.04. The van der Waals surface area contributed by atoms with Gasteiger partial charge < -0.3 is 10.2 Å². The van der Waals surface area contributed by atoms with E-state index in [1.54, 1.807) is 17.0 Å². The lowest BCUT2D eigenvalue weighted by Crippen LogP contribution is -2.50. The van der Waals surface area contributed by atoms with E-state index in [-0.39, 0.29) is 24.3 Å². The van der Waals surface area contributed by atoms with Gasteiger partial charge in [0.05, 0.1) is 6.42 Å². The van der Waals surface area contributed by atoms with Crippen LogP contribution >= 0.6 is 11.6 Å². The molecule has 154 valence electrons. The van der Waals surface area contributed by atoms with Gasteiger partial charge in [-0.05, 0) is 49.9 Å². The van der Waals surface area contributed by atoms with Gasteiger partial charge in [0.15, 0.2) is 0 Å². The van der Waals surface area contributed by atoms with E-state index in [1.807, 2.05) is 44.2 Å². The number of halogens is 1. The lowest BCUT2D eigenvalue weighted by Gasteiger charge is -2.30. The zero-order valence-electron chi connectivity index (χ0n) is 17.2. The first kappa shape index (κ1) is 21.4. The number of hydrogen-bond acceptors (Lipinski definition) is 2. The van der Waals surface area contributed by atoms with Crippen LogP contribution in [0.25, 0.3) is 0 Å². The summed E-state index contributed by atoms with van der Waals surface area (Å²) in [5, 5.41) is 3.77. The van der Waals surface area contributed by atoms with Gasteiger partial charge in [-0.15, -0.1) is 0 Å². The summed E-state index contributed by atoms with van der Waals surface area (Å²) < 4.78 is 0. The van der Waals surface area contributed by atoms with E-state index in [2.05, 4.69) is 11.4 Å². The highest BCUT2D eigenvalue weighted by Crippen LogP contribution is 2.19. The first-order valence-corrected chi connectivity index (χ1v) is 10.7. The Balaban J connectivity index is 1.76. The Bertz CT molecular complexity index is 844. The Morgan fingerprint density at radius 1 is 1.10 bits per heavy atom. The summed E-state index contributed by atoms with van der Waals surface area (Å²) >= 11 is 5.96. The molecule has 1 fully saturated rings. The van der Waals surface area contributed by atoms with Gasteiger partial charge in [0, 0.05) is 17.6 Å². The molecular formula is C24H29ClN2O2. The number of amides is 2. The molecule has 1 aliphatic carbocycles. The highest BCUT2D eigenvalue weighted by molar-refractivity contribution is 6.30. The number of aryl methyl sites for hydroxylation is 1. The standard InChI is InChI=1S/C24H29ClN2O2/c1-17-6-5-7-20(14-17)16-27(18(2)24(29)26-22-8-3-4-9-22)23(28)15-19-10-12-21(25)13-11-19/h5-7,10-14,18,22H,3-4,8-9,15-16H2,1-2H3,(H,26,29)/t18-/m1/s1. The van der Waals surface area contributed by atoms with Crippen LogP contribution in [0.1, 0.15) is 49.3 Å². The number of benzene rings is 2. The third kappa shape index (κ3) is 6.07. The van der Waals surface area contributed by atoms with Crippen LogP contribution < -0.4 is 5.32 Å². The summed E-state index contributed by atoms with van der Waals surface area (Å²) in [5.74, 6) is -0.142. The minimum Gasteiger partial charge on any atom is -0.352 e. The number of nitrogens with one attached hydrogen (secondary N) is 1. The summed E-state index contributed by atoms with van der Waals surface area (Å²) in [4.78, 5) is 27.7. The van der Waals surface area contributed by atoms with Gasteiger partial charge in [-0.1, -0.05) is 66.4 Å². The van der Waals surface area contributed by atoms with Crippen molar-refractivity contribution in [2.24, 2.45) is 0 Å². The number of carbonyl (C=O) groups is 2. The smallest absolute Gasteiger partial charge is 0.242 e. The Hall–Kier alpha value is -2.33. The molecule has 0 heterocycles. The molecule has 1 aliphatic rings. The largest absolute Gasteiger partial charge is 0.352 e. The maximum atomic E-state index is 13.2. The lowest BCUT2D eigenvalue weighted by molar-refractivity contribution is -0.140. The number of carbonyl (C=O) groups excluding carboxylic acids is 2. The summed E-state index contributed by atoms with van der Waals surface area (Å²) in [6.45, 7) is 4.26. The predicted octanol–water partition coefficient (Wildman–Crippen LogP) is 4.67. The van der Waals surface area contributed by atoms with Crippen molar-refractivity contribution >= 4 is 23.4 Å². The molecule has 2 aromatic rings. The molecule has 1 N–H and O–H groups in total. The molecule has 2 aromatic carbocycles. The minimum absolute atomic E-state index is 0.0668. The van der Waals surface area contributed by atoms with Crippen molar-refractivity contribution in [3.63, 3.8) is 0 Å². The molecule has 29 heavy (non-hydrogen) atoms. The first-order chi connectivity index (χ1) is 13.9. The quantitative estimate of drug-likeness (QED) is 0.718. The van der Waals surface area contributed by atoms with E-state index in [4.69, 9.17) is 11.6 Å². The molecule has 0 unspecified atom stereocenters. The van der Waals surface area contributed by atoms with Crippen molar-refractivity contribution in [3.05, 3.63) is 70.2 Å². The first-order valence-electron chi connectivity index (χ1n) is 10.3. The van der Waals surface area contributed by atoms with E-state index < -0.39 is 6.04 Å². The highest BCUT2D eigenvalue weighted by Gasteiger charge is 2.28. The molecule has 5 heteroatoms. The Kier molecular flexibility index (Phi) is 7.32. The maximum Gasteiger partial charge on any atom is 0.242 e. The van der Waals surface area contributed by atoms with Crippen LogP contribution in [0.4, 0.5) is 0 Å². The monoisotopic (exact) mass is 412 g/mol. The van der Waals surface area contributed by atoms with Crippen molar-refractivity contribution < 1.29 is 9.59 Å². The summed E-state index contributed by atoms with van der Waals surface area (Å²) in [6.07, 6.45) is 4.60. The van der Waals surface area contributed by atoms with Crippen molar-refractivity contribution in [1.29, 1.82) is 0 Å². The van der Waals surface area contributed by atoms with E-state index in [1.165, 1.54) is 0 Å². The molecular weight excluding hydrogens is 384 g/mol. The maximum absolute atomic E-state index is 13.2. The summed E-state index contributed by atoms with van der Waals surface area (Å²) in [7, 11) is 0. The molecule has 0 radical (unpaired) electrons. The van der Waals surface area contributed by atoms with Gasteiger partial charge >= 0.3 is 0 Å². The zero-order valence-corrected chi connectivity index (χ0v) is 17.9. The van der Waals surface area contributed by atoms with Crippen LogP contribution in [0, 0.1) is 6.92 Å². The van der Waals surface area contributed by atoms with Crippen LogP contribution in [0.15, 0.2) is 48.5 Å². The predicted molar refractivity (Wildman–Crippen MR) is 117 cm³/mol. The van der Waals surface area contributed by atoms with Crippen molar-refractivity contribution in [1.82, 2.24) is 10.2 Å². The molecule has 0 aliphatic heterocycles. The van der Waals surface area contributed by atoms with Gasteiger partial charge in [0.25, 0.3) is 0 Å². The van der Waals surface area contributed by atoms with Crippen LogP contribution in [0.5, 0.6) is 0 Å². The van der Waals surface area contributed by atoms with Gasteiger partial charge in [-0.2, -0.15) is 0 Å². The molecule has 0 spiro atoms. The third-order valence-corrected chi connectivity index (χ3v) is 5.82. The van der Waals surface area contributed by atoms with Gasteiger partial charge in [0.2, 0.25) is 11.8 Å². The molecule has 0 bridgehead atoms. The molecule has 3 rings (SSSR count). The number of nitrogens with zero attached hydrogens (tertiary/aromatic N) is 1. The van der Waals surface area contributed by atoms with Crippen LogP contribution in [-0.2, 0) is 22.6 Å². The highest BCUT2D eigenvalue weighted by atomic mass is 35.5. The second-order valence-corrected chi connectivity index (χ2v) is 8.42. The van der Waals surface area contributed by atoms with E-state index >= 15 is 0 Å². The average Bonchev–Trinajstić information content (AvgIpc) is 3.20. The fraction of sp³-hybridized carbons (Fsp3) is 0.417. The van der Waals surface area contributed by atoms with Gasteiger partial charge in [-0.25, -0.2) is 0 Å². The average molecular weight is 413 g/mol. The Labute approximate surface area is 178 Å². The Morgan fingerprint density at radius 3 is 2.45 bits per heavy atom. The molecule has 1 atom stereocenters. The molecule has 2 amide bonds. The van der Waals surface area contributed by atoms with Crippen molar-refractivity contribution in [2.75, 3.05) is 0 Å². The van der Waals surface area contributed by atoms with Crippen molar-refractivity contribution in [3.8, 4) is 0 Å². The second kappa shape index (κ2) is 9.93. The number of rotatable bonds is 7. The van der Waals surface area contributed by atoms with Crippen LogP contribution in [0.2, 0.25) is 5.02 Å². The van der Waals surface area contributed by atoms with Crippen LogP contribution in [0.3, 0.4) is 0 Å². The normalized spacial score (nSPS) is 15.1.